The van der Waals surface area contributed by atoms with Crippen molar-refractivity contribution in [3.63, 3.8) is 0 Å². The minimum atomic E-state index is 0.304. The van der Waals surface area contributed by atoms with Gasteiger partial charge in [0, 0.05) is 37.7 Å². The van der Waals surface area contributed by atoms with Gasteiger partial charge in [0.15, 0.2) is 0 Å². The van der Waals surface area contributed by atoms with Crippen LogP contribution in [0, 0.1) is 0 Å². The maximum atomic E-state index is 5.85. The van der Waals surface area contributed by atoms with Crippen molar-refractivity contribution >= 4 is 0 Å². The quantitative estimate of drug-likeness (QED) is 0.909. The van der Waals surface area contributed by atoms with Gasteiger partial charge >= 0.3 is 0 Å². The van der Waals surface area contributed by atoms with Gasteiger partial charge in [-0.25, -0.2) is 0 Å². The molecule has 110 valence electrons. The maximum Gasteiger partial charge on any atom is 0.124 e. The number of rotatable bonds is 4. The fraction of sp³-hybridized carbons (Fsp3) is 0.625. The van der Waals surface area contributed by atoms with Crippen molar-refractivity contribution in [3.05, 3.63) is 29.8 Å². The van der Waals surface area contributed by atoms with Crippen LogP contribution in [0.2, 0.25) is 0 Å². The van der Waals surface area contributed by atoms with Crippen molar-refractivity contribution in [1.29, 1.82) is 0 Å². The molecule has 4 heteroatoms. The van der Waals surface area contributed by atoms with E-state index < -0.39 is 0 Å². The SMILES string of the molecule is CCN1CCOC(CNC2CCOc3ccccc32)C1. The largest absolute Gasteiger partial charge is 0.493 e. The number of morpholine rings is 1. The second kappa shape index (κ2) is 6.57. The third-order valence-corrected chi connectivity index (χ3v) is 4.22. The fourth-order valence-corrected chi connectivity index (χ4v) is 3.02. The topological polar surface area (TPSA) is 33.7 Å². The summed E-state index contributed by atoms with van der Waals surface area (Å²) in [5.41, 5.74) is 1.28. The summed E-state index contributed by atoms with van der Waals surface area (Å²) in [5, 5.41) is 3.66. The summed E-state index contributed by atoms with van der Waals surface area (Å²) >= 11 is 0. The van der Waals surface area contributed by atoms with Crippen LogP contribution in [0.25, 0.3) is 0 Å². The third-order valence-electron chi connectivity index (χ3n) is 4.22. The zero-order chi connectivity index (χ0) is 13.8. The summed E-state index contributed by atoms with van der Waals surface area (Å²) in [5.74, 6) is 1.02. The zero-order valence-electron chi connectivity index (χ0n) is 12.2. The van der Waals surface area contributed by atoms with E-state index in [2.05, 4.69) is 35.3 Å². The van der Waals surface area contributed by atoms with E-state index in [-0.39, 0.29) is 0 Å². The van der Waals surface area contributed by atoms with E-state index in [0.717, 1.165) is 51.6 Å². The van der Waals surface area contributed by atoms with Crippen molar-refractivity contribution in [2.75, 3.05) is 39.4 Å². The minimum absolute atomic E-state index is 0.304. The van der Waals surface area contributed by atoms with E-state index in [9.17, 15) is 0 Å². The van der Waals surface area contributed by atoms with Gasteiger partial charge in [-0.15, -0.1) is 0 Å². The predicted octanol–water partition coefficient (Wildman–Crippen LogP) is 1.82. The van der Waals surface area contributed by atoms with E-state index in [0.29, 0.717) is 12.1 Å². The lowest BCUT2D eigenvalue weighted by atomic mass is 10.0. The Kier molecular flexibility index (Phi) is 4.55. The normalized spacial score (nSPS) is 26.9. The molecule has 0 spiro atoms. The van der Waals surface area contributed by atoms with Gasteiger partial charge < -0.3 is 14.8 Å². The number of hydrogen-bond acceptors (Lipinski definition) is 4. The Morgan fingerprint density at radius 3 is 3.10 bits per heavy atom. The molecule has 0 amide bonds. The highest BCUT2D eigenvalue weighted by molar-refractivity contribution is 5.37. The molecule has 4 nitrogen and oxygen atoms in total. The van der Waals surface area contributed by atoms with Crippen LogP contribution in [0.4, 0.5) is 0 Å². The van der Waals surface area contributed by atoms with Crippen LogP contribution in [0.5, 0.6) is 5.75 Å². The van der Waals surface area contributed by atoms with Crippen molar-refractivity contribution in [2.45, 2.75) is 25.5 Å². The first-order valence-electron chi connectivity index (χ1n) is 7.66. The van der Waals surface area contributed by atoms with Gasteiger partial charge in [0.1, 0.15) is 5.75 Å². The Morgan fingerprint density at radius 1 is 1.30 bits per heavy atom. The van der Waals surface area contributed by atoms with Crippen molar-refractivity contribution in [1.82, 2.24) is 10.2 Å². The molecule has 1 fully saturated rings. The van der Waals surface area contributed by atoms with Gasteiger partial charge in [-0.05, 0) is 12.6 Å². The zero-order valence-corrected chi connectivity index (χ0v) is 12.2. The Labute approximate surface area is 121 Å². The Balaban J connectivity index is 1.56. The summed E-state index contributed by atoms with van der Waals surface area (Å²) < 4.78 is 11.6. The van der Waals surface area contributed by atoms with Gasteiger partial charge in [-0.3, -0.25) is 4.90 Å². The van der Waals surface area contributed by atoms with Crippen molar-refractivity contribution in [3.8, 4) is 5.75 Å². The number of nitrogens with one attached hydrogen (secondary N) is 1. The highest BCUT2D eigenvalue weighted by atomic mass is 16.5. The Hall–Kier alpha value is -1.10. The molecular formula is C16H24N2O2. The van der Waals surface area contributed by atoms with Crippen LogP contribution >= 0.6 is 0 Å². The lowest BCUT2D eigenvalue weighted by Gasteiger charge is -2.34. The molecule has 1 N–H and O–H groups in total. The molecule has 1 aromatic carbocycles. The van der Waals surface area contributed by atoms with E-state index in [4.69, 9.17) is 9.47 Å². The van der Waals surface area contributed by atoms with Crippen LogP contribution in [-0.4, -0.2) is 50.4 Å². The predicted molar refractivity (Wildman–Crippen MR) is 79.2 cm³/mol. The first-order valence-corrected chi connectivity index (χ1v) is 7.66. The molecule has 2 heterocycles. The number of nitrogens with zero attached hydrogens (tertiary/aromatic N) is 1. The molecule has 0 aliphatic carbocycles. The molecule has 2 aliphatic rings. The lowest BCUT2D eigenvalue weighted by Crippen LogP contribution is -2.47. The van der Waals surface area contributed by atoms with Crippen LogP contribution in [-0.2, 0) is 4.74 Å². The number of fused-ring (bicyclic) bond motifs is 1. The third kappa shape index (κ3) is 3.14. The summed E-state index contributed by atoms with van der Waals surface area (Å²) in [7, 11) is 0. The smallest absolute Gasteiger partial charge is 0.124 e. The molecule has 1 saturated heterocycles. The maximum absolute atomic E-state index is 5.85. The van der Waals surface area contributed by atoms with E-state index in [1.165, 1.54) is 5.56 Å². The highest BCUT2D eigenvalue weighted by Gasteiger charge is 2.24. The summed E-state index contributed by atoms with van der Waals surface area (Å²) in [6, 6.07) is 8.72. The average molecular weight is 276 g/mol. The van der Waals surface area contributed by atoms with Gasteiger partial charge in [0.05, 0.1) is 19.3 Å². The number of para-hydroxylation sites is 1. The fourth-order valence-electron chi connectivity index (χ4n) is 3.02. The molecule has 0 radical (unpaired) electrons. The molecule has 0 bridgehead atoms. The summed E-state index contributed by atoms with van der Waals surface area (Å²) in [4.78, 5) is 2.45. The van der Waals surface area contributed by atoms with Gasteiger partial charge in [-0.2, -0.15) is 0 Å². The lowest BCUT2D eigenvalue weighted by molar-refractivity contribution is -0.0268. The second-order valence-electron chi connectivity index (χ2n) is 5.52. The molecule has 2 aliphatic heterocycles. The molecule has 3 rings (SSSR count). The van der Waals surface area contributed by atoms with Crippen molar-refractivity contribution in [2.24, 2.45) is 0 Å². The molecule has 2 unspecified atom stereocenters. The first kappa shape index (κ1) is 13.9. The number of likely N-dealkylation sites (N-methyl/N-ethyl adjacent to an activating group) is 1. The summed E-state index contributed by atoms with van der Waals surface area (Å²) in [6.07, 6.45) is 1.33. The van der Waals surface area contributed by atoms with Crippen LogP contribution in [0.3, 0.4) is 0 Å². The first-order chi connectivity index (χ1) is 9.86. The molecule has 1 aromatic rings. The minimum Gasteiger partial charge on any atom is -0.493 e. The van der Waals surface area contributed by atoms with E-state index in [1.807, 2.05) is 6.07 Å². The summed E-state index contributed by atoms with van der Waals surface area (Å²) in [6.45, 7) is 7.98. The van der Waals surface area contributed by atoms with E-state index in [1.54, 1.807) is 0 Å². The number of ether oxygens (including phenoxy) is 2. The molecule has 0 saturated carbocycles. The Morgan fingerprint density at radius 2 is 2.20 bits per heavy atom. The molecule has 20 heavy (non-hydrogen) atoms. The second-order valence-corrected chi connectivity index (χ2v) is 5.52. The monoisotopic (exact) mass is 276 g/mol. The van der Waals surface area contributed by atoms with Gasteiger partial charge in [0.25, 0.3) is 0 Å². The number of benzene rings is 1. The highest BCUT2D eigenvalue weighted by Crippen LogP contribution is 2.31. The van der Waals surface area contributed by atoms with Crippen LogP contribution < -0.4 is 10.1 Å². The number of hydrogen-bond donors (Lipinski definition) is 1. The molecule has 2 atom stereocenters. The van der Waals surface area contributed by atoms with Crippen LogP contribution in [0.15, 0.2) is 24.3 Å². The molecule has 0 aromatic heterocycles. The standard InChI is InChI=1S/C16H24N2O2/c1-2-18-8-10-19-13(12-18)11-17-15-7-9-20-16-6-4-3-5-14(15)16/h3-6,13,15,17H,2,7-12H2,1H3. The van der Waals surface area contributed by atoms with E-state index >= 15 is 0 Å². The molecular weight excluding hydrogens is 252 g/mol. The van der Waals surface area contributed by atoms with Gasteiger partial charge in [-0.1, -0.05) is 25.1 Å². The van der Waals surface area contributed by atoms with Gasteiger partial charge in [0.2, 0.25) is 0 Å². The average Bonchev–Trinajstić information content (AvgIpc) is 2.53. The van der Waals surface area contributed by atoms with Crippen molar-refractivity contribution < 1.29 is 9.47 Å². The Bertz CT molecular complexity index is 438. The van der Waals surface area contributed by atoms with Crippen LogP contribution in [0.1, 0.15) is 24.9 Å².